The number of carbonyl (C=O) groups excluding carboxylic acids is 2. The highest BCUT2D eigenvalue weighted by atomic mass is 16.5. The van der Waals surface area contributed by atoms with Crippen LogP contribution in [0, 0.1) is 6.92 Å². The number of ether oxygens (including phenoxy) is 1. The van der Waals surface area contributed by atoms with E-state index in [0.717, 1.165) is 10.9 Å². The maximum absolute atomic E-state index is 12.8. The molecule has 116 valence electrons. The van der Waals surface area contributed by atoms with E-state index in [4.69, 9.17) is 4.74 Å². The van der Waals surface area contributed by atoms with Crippen LogP contribution in [0.3, 0.4) is 0 Å². The number of aryl methyl sites for hydroxylation is 1. The highest BCUT2D eigenvalue weighted by Gasteiger charge is 2.17. The number of ketones is 1. The first-order valence-corrected chi connectivity index (χ1v) is 7.50. The molecule has 3 rings (SSSR count). The van der Waals surface area contributed by atoms with Crippen molar-refractivity contribution in [3.63, 3.8) is 0 Å². The summed E-state index contributed by atoms with van der Waals surface area (Å²) in [6, 6.07) is 14.6. The fourth-order valence-electron chi connectivity index (χ4n) is 2.64. The Balaban J connectivity index is 2.13. The Kier molecular flexibility index (Phi) is 3.98. The van der Waals surface area contributed by atoms with Crippen molar-refractivity contribution in [2.24, 2.45) is 0 Å². The van der Waals surface area contributed by atoms with E-state index < -0.39 is 5.97 Å². The zero-order valence-electron chi connectivity index (χ0n) is 13.1. The summed E-state index contributed by atoms with van der Waals surface area (Å²) in [6.07, 6.45) is 0. The molecule has 0 bridgehead atoms. The van der Waals surface area contributed by atoms with Gasteiger partial charge in [-0.05, 0) is 37.6 Å². The molecular formula is C19H17NO3. The molecule has 0 unspecified atom stereocenters. The van der Waals surface area contributed by atoms with Crippen LogP contribution < -0.4 is 0 Å². The van der Waals surface area contributed by atoms with Crippen molar-refractivity contribution in [1.29, 1.82) is 0 Å². The van der Waals surface area contributed by atoms with Gasteiger partial charge in [0.05, 0.1) is 12.1 Å². The van der Waals surface area contributed by atoms with Crippen molar-refractivity contribution < 1.29 is 14.3 Å². The standard InChI is InChI=1S/C19H17NO3/c1-3-23-19(22)16-11-14-9-12(2)10-15(17(14)20-16)18(21)13-7-5-4-6-8-13/h4-11,20H,3H2,1-2H3. The molecule has 0 aliphatic carbocycles. The highest BCUT2D eigenvalue weighted by molar-refractivity contribution is 6.16. The molecule has 1 heterocycles. The summed E-state index contributed by atoms with van der Waals surface area (Å²) in [6.45, 7) is 4.00. The Morgan fingerprint density at radius 3 is 2.52 bits per heavy atom. The smallest absolute Gasteiger partial charge is 0.354 e. The number of aromatic nitrogens is 1. The molecule has 4 nitrogen and oxygen atoms in total. The predicted molar refractivity (Wildman–Crippen MR) is 88.9 cm³/mol. The summed E-state index contributed by atoms with van der Waals surface area (Å²) in [7, 11) is 0. The van der Waals surface area contributed by atoms with Crippen LogP contribution in [-0.2, 0) is 4.74 Å². The Morgan fingerprint density at radius 1 is 1.09 bits per heavy atom. The van der Waals surface area contributed by atoms with Crippen LogP contribution in [0.4, 0.5) is 0 Å². The second-order valence-corrected chi connectivity index (χ2v) is 5.38. The van der Waals surface area contributed by atoms with Crippen LogP contribution in [0.25, 0.3) is 10.9 Å². The number of hydrogen-bond donors (Lipinski definition) is 1. The number of aromatic amines is 1. The molecular weight excluding hydrogens is 290 g/mol. The van der Waals surface area contributed by atoms with E-state index in [1.54, 1.807) is 25.1 Å². The molecule has 0 saturated carbocycles. The van der Waals surface area contributed by atoms with Crippen LogP contribution in [0.2, 0.25) is 0 Å². The number of H-pyrrole nitrogens is 1. The van der Waals surface area contributed by atoms with E-state index in [0.29, 0.717) is 28.9 Å². The van der Waals surface area contributed by atoms with Gasteiger partial charge < -0.3 is 9.72 Å². The molecule has 3 aromatic rings. The highest BCUT2D eigenvalue weighted by Crippen LogP contribution is 2.24. The number of rotatable bonds is 4. The zero-order chi connectivity index (χ0) is 16.4. The molecule has 4 heteroatoms. The summed E-state index contributed by atoms with van der Waals surface area (Å²) in [4.78, 5) is 27.7. The van der Waals surface area contributed by atoms with Gasteiger partial charge in [0.25, 0.3) is 0 Å². The van der Waals surface area contributed by atoms with Crippen molar-refractivity contribution in [2.75, 3.05) is 6.61 Å². The third-order valence-electron chi connectivity index (χ3n) is 3.65. The number of hydrogen-bond acceptors (Lipinski definition) is 3. The maximum atomic E-state index is 12.8. The van der Waals surface area contributed by atoms with E-state index >= 15 is 0 Å². The lowest BCUT2D eigenvalue weighted by Gasteiger charge is -2.05. The predicted octanol–water partition coefficient (Wildman–Crippen LogP) is 3.88. The first-order chi connectivity index (χ1) is 11.1. The molecule has 0 fully saturated rings. The zero-order valence-corrected chi connectivity index (χ0v) is 13.1. The average Bonchev–Trinajstić information content (AvgIpc) is 2.98. The fourth-order valence-corrected chi connectivity index (χ4v) is 2.64. The van der Waals surface area contributed by atoms with E-state index in [2.05, 4.69) is 4.98 Å². The van der Waals surface area contributed by atoms with E-state index in [-0.39, 0.29) is 5.78 Å². The molecule has 0 aliphatic heterocycles. The number of fused-ring (bicyclic) bond motifs is 1. The van der Waals surface area contributed by atoms with E-state index in [9.17, 15) is 9.59 Å². The third-order valence-corrected chi connectivity index (χ3v) is 3.65. The normalized spacial score (nSPS) is 10.7. The Bertz CT molecular complexity index is 878. The fraction of sp³-hybridized carbons (Fsp3) is 0.158. The second-order valence-electron chi connectivity index (χ2n) is 5.38. The number of carbonyl (C=O) groups is 2. The summed E-state index contributed by atoms with van der Waals surface area (Å²) in [5.74, 6) is -0.490. The van der Waals surface area contributed by atoms with E-state index in [1.807, 2.05) is 37.3 Å². The van der Waals surface area contributed by atoms with Gasteiger partial charge in [0.1, 0.15) is 5.69 Å². The van der Waals surface area contributed by atoms with Crippen molar-refractivity contribution in [3.8, 4) is 0 Å². The SMILES string of the molecule is CCOC(=O)c1cc2cc(C)cc(C(=O)c3ccccc3)c2[nH]1. The monoisotopic (exact) mass is 307 g/mol. The Morgan fingerprint density at radius 2 is 1.83 bits per heavy atom. The summed E-state index contributed by atoms with van der Waals surface area (Å²) in [5, 5.41) is 0.826. The van der Waals surface area contributed by atoms with E-state index in [1.165, 1.54) is 0 Å². The van der Waals surface area contributed by atoms with Gasteiger partial charge in [-0.15, -0.1) is 0 Å². The lowest BCUT2D eigenvalue weighted by Crippen LogP contribution is -2.05. The largest absolute Gasteiger partial charge is 0.461 e. The van der Waals surface area contributed by atoms with Crippen LogP contribution in [0.1, 0.15) is 38.9 Å². The molecule has 0 saturated heterocycles. The van der Waals surface area contributed by atoms with Crippen LogP contribution in [0.15, 0.2) is 48.5 Å². The second kappa shape index (κ2) is 6.08. The number of nitrogens with one attached hydrogen (secondary N) is 1. The summed E-state index contributed by atoms with van der Waals surface area (Å²) in [5.41, 5.74) is 3.15. The molecule has 0 aliphatic rings. The number of benzene rings is 2. The first-order valence-electron chi connectivity index (χ1n) is 7.50. The van der Waals surface area contributed by atoms with Crippen LogP contribution in [0.5, 0.6) is 0 Å². The summed E-state index contributed by atoms with van der Waals surface area (Å²) < 4.78 is 5.02. The Hall–Kier alpha value is -2.88. The van der Waals surface area contributed by atoms with Gasteiger partial charge in [0.2, 0.25) is 0 Å². The maximum Gasteiger partial charge on any atom is 0.354 e. The average molecular weight is 307 g/mol. The third kappa shape index (κ3) is 2.88. The lowest BCUT2D eigenvalue weighted by molar-refractivity contribution is 0.0520. The van der Waals surface area contributed by atoms with Gasteiger partial charge in [-0.2, -0.15) is 0 Å². The minimum Gasteiger partial charge on any atom is -0.461 e. The van der Waals surface area contributed by atoms with Gasteiger partial charge in [0, 0.05) is 16.5 Å². The van der Waals surface area contributed by atoms with Crippen molar-refractivity contribution in [3.05, 3.63) is 70.9 Å². The van der Waals surface area contributed by atoms with Crippen molar-refractivity contribution in [2.45, 2.75) is 13.8 Å². The molecule has 23 heavy (non-hydrogen) atoms. The van der Waals surface area contributed by atoms with Gasteiger partial charge in [-0.3, -0.25) is 4.79 Å². The lowest BCUT2D eigenvalue weighted by atomic mass is 9.99. The van der Waals surface area contributed by atoms with Gasteiger partial charge in [-0.25, -0.2) is 4.79 Å². The molecule has 0 spiro atoms. The molecule has 0 amide bonds. The molecule has 1 N–H and O–H groups in total. The molecule has 1 aromatic heterocycles. The summed E-state index contributed by atoms with van der Waals surface area (Å²) >= 11 is 0. The first kappa shape index (κ1) is 15.0. The number of esters is 1. The van der Waals surface area contributed by atoms with Gasteiger partial charge in [0.15, 0.2) is 5.78 Å². The van der Waals surface area contributed by atoms with Gasteiger partial charge >= 0.3 is 5.97 Å². The minimum absolute atomic E-state index is 0.0726. The minimum atomic E-state index is -0.417. The topological polar surface area (TPSA) is 59.2 Å². The molecule has 0 radical (unpaired) electrons. The molecule has 2 aromatic carbocycles. The van der Waals surface area contributed by atoms with Crippen molar-refractivity contribution in [1.82, 2.24) is 4.98 Å². The Labute approximate surface area is 134 Å². The van der Waals surface area contributed by atoms with Crippen LogP contribution >= 0.6 is 0 Å². The molecule has 0 atom stereocenters. The van der Waals surface area contributed by atoms with Crippen LogP contribution in [-0.4, -0.2) is 23.3 Å². The van der Waals surface area contributed by atoms with Gasteiger partial charge in [-0.1, -0.05) is 30.3 Å². The van der Waals surface area contributed by atoms with Crippen molar-refractivity contribution >= 4 is 22.7 Å². The quantitative estimate of drug-likeness (QED) is 0.587.